The van der Waals surface area contributed by atoms with Crippen molar-refractivity contribution < 1.29 is 5.90 Å². The molecule has 9 heavy (non-hydrogen) atoms. The molecule has 58 valence electrons. The lowest BCUT2D eigenvalue weighted by Crippen LogP contribution is -2.37. The van der Waals surface area contributed by atoms with E-state index in [2.05, 4.69) is 25.7 Å². The van der Waals surface area contributed by atoms with E-state index in [1.54, 1.807) is 0 Å². The molecule has 0 aromatic carbocycles. The fourth-order valence-electron chi connectivity index (χ4n) is 0.671. The zero-order valence-corrected chi connectivity index (χ0v) is 6.68. The van der Waals surface area contributed by atoms with Gasteiger partial charge in [0.15, 0.2) is 0 Å². The Morgan fingerprint density at radius 2 is 1.22 bits per heavy atom. The molecule has 0 radical (unpaired) electrons. The van der Waals surface area contributed by atoms with Crippen LogP contribution in [-0.2, 0) is 0 Å². The lowest BCUT2D eigenvalue weighted by Gasteiger charge is -2.13. The summed E-state index contributed by atoms with van der Waals surface area (Å²) in [6.45, 7) is 10.1. The van der Waals surface area contributed by atoms with Crippen LogP contribution in [-0.4, -0.2) is 24.5 Å². The van der Waals surface area contributed by atoms with E-state index in [4.69, 9.17) is 5.21 Å². The maximum Gasteiger partial charge on any atom is -0.00474 e. The SMILES string of the molecule is CCN(CC)CC.[NH3+][O-]. The van der Waals surface area contributed by atoms with E-state index < -0.39 is 0 Å². The summed E-state index contributed by atoms with van der Waals surface area (Å²) in [5.41, 5.74) is 0. The molecular weight excluding hydrogens is 116 g/mol. The van der Waals surface area contributed by atoms with E-state index in [9.17, 15) is 0 Å². The van der Waals surface area contributed by atoms with Crippen molar-refractivity contribution in [2.45, 2.75) is 20.8 Å². The van der Waals surface area contributed by atoms with Crippen molar-refractivity contribution in [3.63, 3.8) is 0 Å². The van der Waals surface area contributed by atoms with E-state index >= 15 is 0 Å². The van der Waals surface area contributed by atoms with Crippen LogP contribution in [0.1, 0.15) is 20.8 Å². The zero-order chi connectivity index (χ0) is 7.70. The quantitative estimate of drug-likeness (QED) is 0.555. The highest BCUT2D eigenvalue weighted by molar-refractivity contribution is 4.43. The van der Waals surface area contributed by atoms with Crippen LogP contribution >= 0.6 is 0 Å². The van der Waals surface area contributed by atoms with Gasteiger partial charge in [0.1, 0.15) is 0 Å². The fourth-order valence-corrected chi connectivity index (χ4v) is 0.671. The number of quaternary nitrogens is 1. The normalized spacial score (nSPS) is 8.67. The fraction of sp³-hybridized carbons (Fsp3) is 1.00. The van der Waals surface area contributed by atoms with E-state index in [-0.39, 0.29) is 0 Å². The summed E-state index contributed by atoms with van der Waals surface area (Å²) in [7, 11) is 0. The molecule has 0 aliphatic heterocycles. The second-order valence-corrected chi connectivity index (χ2v) is 1.62. The molecule has 0 rings (SSSR count). The van der Waals surface area contributed by atoms with Gasteiger partial charge in [-0.3, -0.25) is 0 Å². The Bertz CT molecular complexity index is 32.5. The maximum atomic E-state index is 8.00. The third kappa shape index (κ3) is 7.88. The van der Waals surface area contributed by atoms with Gasteiger partial charge in [-0.05, 0) is 19.6 Å². The summed E-state index contributed by atoms with van der Waals surface area (Å²) in [6, 6.07) is 0. The minimum atomic E-state index is 1.19. The molecule has 0 spiro atoms. The highest BCUT2D eigenvalue weighted by atomic mass is 16.4. The Morgan fingerprint density at radius 1 is 1.00 bits per heavy atom. The van der Waals surface area contributed by atoms with Gasteiger partial charge in [0, 0.05) is 0 Å². The smallest absolute Gasteiger partial charge is 0.00474 e. The van der Waals surface area contributed by atoms with Gasteiger partial charge in [-0.15, -0.1) is 0 Å². The van der Waals surface area contributed by atoms with Crippen molar-refractivity contribution in [2.24, 2.45) is 0 Å². The molecule has 3 heteroatoms. The van der Waals surface area contributed by atoms with E-state index in [1.165, 1.54) is 19.6 Å². The summed E-state index contributed by atoms with van der Waals surface area (Å²) in [4.78, 5) is 2.38. The average Bonchev–Trinajstić information content (AvgIpc) is 1.96. The van der Waals surface area contributed by atoms with Crippen molar-refractivity contribution in [2.75, 3.05) is 19.6 Å². The summed E-state index contributed by atoms with van der Waals surface area (Å²) in [5.74, 6) is 2.00. The van der Waals surface area contributed by atoms with Crippen LogP contribution in [0.15, 0.2) is 0 Å². The van der Waals surface area contributed by atoms with Gasteiger partial charge in [0.2, 0.25) is 0 Å². The van der Waals surface area contributed by atoms with Gasteiger partial charge in [0.25, 0.3) is 0 Å². The molecule has 0 heterocycles. The Labute approximate surface area is 57.4 Å². The molecule has 0 aliphatic carbocycles. The molecule has 3 N–H and O–H groups in total. The molecule has 0 bridgehead atoms. The highest BCUT2D eigenvalue weighted by Crippen LogP contribution is 1.81. The van der Waals surface area contributed by atoms with Crippen LogP contribution in [0.4, 0.5) is 0 Å². The number of hydrogen-bond donors (Lipinski definition) is 1. The molecule has 0 aromatic heterocycles. The first-order chi connectivity index (χ1) is 4.35. The summed E-state index contributed by atoms with van der Waals surface area (Å²) < 4.78 is 0. The third-order valence-electron chi connectivity index (χ3n) is 1.34. The van der Waals surface area contributed by atoms with E-state index in [1.807, 2.05) is 5.90 Å². The van der Waals surface area contributed by atoms with Gasteiger partial charge in [-0.1, -0.05) is 20.8 Å². The number of nitrogens with zero attached hydrogens (tertiary/aromatic N) is 1. The molecule has 0 unspecified atom stereocenters. The second kappa shape index (κ2) is 10.8. The molecule has 0 amide bonds. The van der Waals surface area contributed by atoms with E-state index in [0.717, 1.165) is 0 Å². The van der Waals surface area contributed by atoms with E-state index in [0.29, 0.717) is 0 Å². The standard InChI is InChI=1S/C6H15N.H3NO/c1-4-7(5-2)6-3;1-2/h4-6H2,1-3H3;1H3. The third-order valence-corrected chi connectivity index (χ3v) is 1.34. The highest BCUT2D eigenvalue weighted by Gasteiger charge is 1.89. The minimum absolute atomic E-state index is 1.19. The maximum absolute atomic E-state index is 8.00. The molecule has 0 aromatic rings. The molecule has 3 nitrogen and oxygen atoms in total. The Kier molecular flexibility index (Phi) is 14.0. The molecule has 0 saturated heterocycles. The summed E-state index contributed by atoms with van der Waals surface area (Å²) in [6.07, 6.45) is 0. The predicted octanol–water partition coefficient (Wildman–Crippen LogP) is 0.0742. The van der Waals surface area contributed by atoms with Crippen LogP contribution in [0.3, 0.4) is 0 Å². The largest absolute Gasteiger partial charge is 0.637 e. The van der Waals surface area contributed by atoms with Crippen LogP contribution < -0.4 is 5.90 Å². The number of hydrogen-bond acceptors (Lipinski definition) is 2. The molecular formula is C6H18N2O. The first-order valence-electron chi connectivity index (χ1n) is 3.36. The second-order valence-electron chi connectivity index (χ2n) is 1.62. The van der Waals surface area contributed by atoms with Crippen molar-refractivity contribution >= 4 is 0 Å². The first-order valence-corrected chi connectivity index (χ1v) is 3.36. The summed E-state index contributed by atoms with van der Waals surface area (Å²) >= 11 is 0. The first kappa shape index (κ1) is 11.6. The van der Waals surface area contributed by atoms with Crippen LogP contribution in [0.5, 0.6) is 0 Å². The van der Waals surface area contributed by atoms with Crippen LogP contribution in [0, 0.1) is 5.21 Å². The van der Waals surface area contributed by atoms with Crippen molar-refractivity contribution in [3.05, 3.63) is 5.21 Å². The molecule has 0 aliphatic rings. The van der Waals surface area contributed by atoms with Gasteiger partial charge < -0.3 is 16.0 Å². The molecule has 0 fully saturated rings. The van der Waals surface area contributed by atoms with Crippen molar-refractivity contribution in [3.8, 4) is 0 Å². The zero-order valence-electron chi connectivity index (χ0n) is 6.68. The van der Waals surface area contributed by atoms with Crippen LogP contribution in [0.25, 0.3) is 0 Å². The number of rotatable bonds is 3. The van der Waals surface area contributed by atoms with Gasteiger partial charge in [0.05, 0.1) is 0 Å². The van der Waals surface area contributed by atoms with Gasteiger partial charge in [-0.25, -0.2) is 0 Å². The van der Waals surface area contributed by atoms with Gasteiger partial charge in [-0.2, -0.15) is 0 Å². The average molecular weight is 134 g/mol. The Hall–Kier alpha value is -0.120. The lowest BCUT2D eigenvalue weighted by atomic mass is 10.5. The Morgan fingerprint density at radius 3 is 1.22 bits per heavy atom. The molecule has 0 atom stereocenters. The predicted molar refractivity (Wildman–Crippen MR) is 39.7 cm³/mol. The Balaban J connectivity index is 0. The monoisotopic (exact) mass is 134 g/mol. The van der Waals surface area contributed by atoms with Gasteiger partial charge >= 0.3 is 0 Å². The topological polar surface area (TPSA) is 53.9 Å². The minimum Gasteiger partial charge on any atom is -0.637 e. The molecule has 0 saturated carbocycles. The van der Waals surface area contributed by atoms with Crippen molar-refractivity contribution in [1.29, 1.82) is 0 Å². The van der Waals surface area contributed by atoms with Crippen LogP contribution in [0.2, 0.25) is 0 Å². The summed E-state index contributed by atoms with van der Waals surface area (Å²) in [5, 5.41) is 8.00. The lowest BCUT2D eigenvalue weighted by molar-refractivity contribution is -0.275. The van der Waals surface area contributed by atoms with Crippen molar-refractivity contribution in [1.82, 2.24) is 4.90 Å².